The lowest BCUT2D eigenvalue weighted by atomic mass is 9.89. The fourth-order valence-electron chi connectivity index (χ4n) is 3.29. The summed E-state index contributed by atoms with van der Waals surface area (Å²) in [6, 6.07) is 2.26. The van der Waals surface area contributed by atoms with Crippen molar-refractivity contribution in [3.8, 4) is 11.5 Å². The molecule has 0 aliphatic carbocycles. The monoisotopic (exact) mass is 348 g/mol. The normalized spacial score (nSPS) is 10.9. The molecule has 0 unspecified atom stereocenters. The van der Waals surface area contributed by atoms with Crippen molar-refractivity contribution in [2.45, 2.75) is 98.3 Å². The molecular weight excluding hydrogens is 308 g/mol. The summed E-state index contributed by atoms with van der Waals surface area (Å²) < 4.78 is 12.0. The SMILES string of the molecule is CCCCOc1c(OC)cc(CCCC)c(CCCC)c1CCCC. The summed E-state index contributed by atoms with van der Waals surface area (Å²) in [4.78, 5) is 0. The number of aryl methyl sites for hydroxylation is 1. The van der Waals surface area contributed by atoms with Gasteiger partial charge in [-0.3, -0.25) is 0 Å². The van der Waals surface area contributed by atoms with E-state index in [-0.39, 0.29) is 0 Å². The molecule has 0 fully saturated rings. The van der Waals surface area contributed by atoms with Crippen molar-refractivity contribution in [1.29, 1.82) is 0 Å². The highest BCUT2D eigenvalue weighted by atomic mass is 16.5. The van der Waals surface area contributed by atoms with E-state index < -0.39 is 0 Å². The lowest BCUT2D eigenvalue weighted by Crippen LogP contribution is -2.09. The minimum atomic E-state index is 0.785. The second kappa shape index (κ2) is 13.1. The van der Waals surface area contributed by atoms with Crippen LogP contribution in [0.3, 0.4) is 0 Å². The van der Waals surface area contributed by atoms with Crippen LogP contribution in [0.1, 0.15) is 95.8 Å². The second-order valence-corrected chi connectivity index (χ2v) is 7.04. The van der Waals surface area contributed by atoms with E-state index in [0.717, 1.165) is 43.8 Å². The third kappa shape index (κ3) is 6.92. The Bertz CT molecular complexity index is 479. The zero-order valence-corrected chi connectivity index (χ0v) is 17.4. The van der Waals surface area contributed by atoms with Crippen LogP contribution in [0.4, 0.5) is 0 Å². The molecule has 0 aromatic heterocycles. The zero-order valence-electron chi connectivity index (χ0n) is 17.4. The molecule has 1 aromatic rings. The molecule has 144 valence electrons. The van der Waals surface area contributed by atoms with Gasteiger partial charge in [-0.25, -0.2) is 0 Å². The molecule has 0 saturated carbocycles. The average Bonchev–Trinajstić information content (AvgIpc) is 2.63. The summed E-state index contributed by atoms with van der Waals surface area (Å²) in [5.41, 5.74) is 4.47. The van der Waals surface area contributed by atoms with Crippen LogP contribution in [-0.2, 0) is 19.3 Å². The summed E-state index contributed by atoms with van der Waals surface area (Å²) >= 11 is 0. The standard InChI is InChI=1S/C23H40O2/c1-6-10-14-19-18-22(24-5)23(25-17-13-9-4)21(16-12-8-3)20(19)15-11-7-2/h18H,6-17H2,1-5H3. The van der Waals surface area contributed by atoms with Crippen molar-refractivity contribution < 1.29 is 9.47 Å². The zero-order chi connectivity index (χ0) is 18.5. The highest BCUT2D eigenvalue weighted by molar-refractivity contribution is 5.55. The number of hydrogen-bond acceptors (Lipinski definition) is 2. The predicted molar refractivity (Wildman–Crippen MR) is 109 cm³/mol. The molecule has 0 atom stereocenters. The van der Waals surface area contributed by atoms with Crippen LogP contribution in [0.2, 0.25) is 0 Å². The Kier molecular flexibility index (Phi) is 11.4. The third-order valence-corrected chi connectivity index (χ3v) is 4.88. The summed E-state index contributed by atoms with van der Waals surface area (Å²) in [5.74, 6) is 1.96. The molecule has 0 saturated heterocycles. The lowest BCUT2D eigenvalue weighted by molar-refractivity contribution is 0.284. The van der Waals surface area contributed by atoms with Crippen LogP contribution in [0, 0.1) is 0 Å². The van der Waals surface area contributed by atoms with Gasteiger partial charge in [-0.05, 0) is 62.1 Å². The van der Waals surface area contributed by atoms with Crippen molar-refractivity contribution in [2.24, 2.45) is 0 Å². The van der Waals surface area contributed by atoms with Gasteiger partial charge >= 0.3 is 0 Å². The van der Waals surface area contributed by atoms with E-state index in [1.165, 1.54) is 56.1 Å². The molecule has 0 aliphatic rings. The van der Waals surface area contributed by atoms with Gasteiger partial charge in [0.05, 0.1) is 13.7 Å². The molecule has 0 amide bonds. The van der Waals surface area contributed by atoms with Gasteiger partial charge in [0, 0.05) is 5.56 Å². The van der Waals surface area contributed by atoms with E-state index in [1.807, 2.05) is 0 Å². The van der Waals surface area contributed by atoms with E-state index in [2.05, 4.69) is 33.8 Å². The molecule has 25 heavy (non-hydrogen) atoms. The molecule has 2 heteroatoms. The molecule has 0 N–H and O–H groups in total. The van der Waals surface area contributed by atoms with Crippen LogP contribution in [0.15, 0.2) is 6.07 Å². The first-order valence-electron chi connectivity index (χ1n) is 10.6. The van der Waals surface area contributed by atoms with Crippen LogP contribution in [0.25, 0.3) is 0 Å². The Morgan fingerprint density at radius 3 is 1.84 bits per heavy atom. The number of ether oxygens (including phenoxy) is 2. The maximum absolute atomic E-state index is 6.25. The van der Waals surface area contributed by atoms with Gasteiger partial charge < -0.3 is 9.47 Å². The number of methoxy groups -OCH3 is 1. The smallest absolute Gasteiger partial charge is 0.164 e. The number of rotatable bonds is 14. The summed E-state index contributed by atoms with van der Waals surface area (Å²) in [7, 11) is 1.78. The molecular formula is C23H40O2. The van der Waals surface area contributed by atoms with Gasteiger partial charge in [-0.1, -0.05) is 53.4 Å². The number of hydrogen-bond donors (Lipinski definition) is 0. The highest BCUT2D eigenvalue weighted by Crippen LogP contribution is 2.38. The van der Waals surface area contributed by atoms with Gasteiger partial charge in [0.25, 0.3) is 0 Å². The number of benzene rings is 1. The third-order valence-electron chi connectivity index (χ3n) is 4.88. The Morgan fingerprint density at radius 2 is 1.28 bits per heavy atom. The summed E-state index contributed by atoms with van der Waals surface area (Å²) in [6.45, 7) is 9.80. The molecule has 0 heterocycles. The second-order valence-electron chi connectivity index (χ2n) is 7.04. The van der Waals surface area contributed by atoms with Crippen molar-refractivity contribution in [1.82, 2.24) is 0 Å². The molecule has 0 bridgehead atoms. The van der Waals surface area contributed by atoms with E-state index in [0.29, 0.717) is 0 Å². The van der Waals surface area contributed by atoms with Crippen molar-refractivity contribution >= 4 is 0 Å². The van der Waals surface area contributed by atoms with E-state index in [9.17, 15) is 0 Å². The summed E-state index contributed by atoms with van der Waals surface area (Å²) in [5, 5.41) is 0. The molecule has 2 nitrogen and oxygen atoms in total. The Morgan fingerprint density at radius 1 is 0.720 bits per heavy atom. The van der Waals surface area contributed by atoms with Gasteiger partial charge in [0.15, 0.2) is 11.5 Å². The highest BCUT2D eigenvalue weighted by Gasteiger charge is 2.19. The first-order valence-corrected chi connectivity index (χ1v) is 10.6. The maximum atomic E-state index is 6.25. The van der Waals surface area contributed by atoms with Gasteiger partial charge in [0.1, 0.15) is 0 Å². The van der Waals surface area contributed by atoms with Crippen molar-refractivity contribution in [2.75, 3.05) is 13.7 Å². The van der Waals surface area contributed by atoms with Gasteiger partial charge in [0.2, 0.25) is 0 Å². The van der Waals surface area contributed by atoms with Gasteiger partial charge in [-0.2, -0.15) is 0 Å². The Balaban J connectivity index is 3.32. The van der Waals surface area contributed by atoms with Crippen LogP contribution in [0.5, 0.6) is 11.5 Å². The minimum absolute atomic E-state index is 0.785. The molecule has 0 spiro atoms. The van der Waals surface area contributed by atoms with E-state index in [4.69, 9.17) is 9.47 Å². The molecule has 0 radical (unpaired) electrons. The first-order chi connectivity index (χ1) is 12.2. The fourth-order valence-corrected chi connectivity index (χ4v) is 3.29. The first kappa shape index (κ1) is 21.9. The quantitative estimate of drug-likeness (QED) is 0.340. The molecule has 0 aliphatic heterocycles. The summed E-state index contributed by atoms with van der Waals surface area (Å²) in [6.07, 6.45) is 13.1. The van der Waals surface area contributed by atoms with Crippen LogP contribution >= 0.6 is 0 Å². The maximum Gasteiger partial charge on any atom is 0.164 e. The largest absolute Gasteiger partial charge is 0.493 e. The van der Waals surface area contributed by atoms with Crippen molar-refractivity contribution in [3.05, 3.63) is 22.8 Å². The Hall–Kier alpha value is -1.18. The molecule has 1 aromatic carbocycles. The van der Waals surface area contributed by atoms with Crippen molar-refractivity contribution in [3.63, 3.8) is 0 Å². The number of unbranched alkanes of at least 4 members (excludes halogenated alkanes) is 4. The van der Waals surface area contributed by atoms with Gasteiger partial charge in [-0.15, -0.1) is 0 Å². The van der Waals surface area contributed by atoms with Crippen LogP contribution in [-0.4, -0.2) is 13.7 Å². The molecule has 1 rings (SSSR count). The van der Waals surface area contributed by atoms with Crippen LogP contribution < -0.4 is 9.47 Å². The lowest BCUT2D eigenvalue weighted by Gasteiger charge is -2.22. The average molecular weight is 349 g/mol. The predicted octanol–water partition coefficient (Wildman–Crippen LogP) is 6.90. The fraction of sp³-hybridized carbons (Fsp3) is 0.739. The Labute approximate surface area is 156 Å². The minimum Gasteiger partial charge on any atom is -0.493 e. The van der Waals surface area contributed by atoms with E-state index in [1.54, 1.807) is 12.7 Å². The topological polar surface area (TPSA) is 18.5 Å². The van der Waals surface area contributed by atoms with E-state index >= 15 is 0 Å².